The summed E-state index contributed by atoms with van der Waals surface area (Å²) in [6, 6.07) is 8.32. The van der Waals surface area contributed by atoms with Gasteiger partial charge in [-0.25, -0.2) is 26.3 Å². The minimum absolute atomic E-state index is 0.151. The maximum absolute atomic E-state index is 13.5. The molecule has 0 fully saturated rings. The van der Waals surface area contributed by atoms with E-state index >= 15 is 0 Å². The number of rotatable bonds is 6. The molecule has 2 rings (SSSR count). The third-order valence-corrected chi connectivity index (χ3v) is 4.50. The topological polar surface area (TPSA) is 75.3 Å². The second-order valence-corrected chi connectivity index (χ2v) is 6.45. The highest BCUT2D eigenvalue weighted by molar-refractivity contribution is 7.89. The molecule has 2 aromatic rings. The number of hydrogen-bond acceptors (Lipinski definition) is 3. The Morgan fingerprint density at radius 3 is 2.12 bits per heavy atom. The third kappa shape index (κ3) is 4.33. The van der Waals surface area contributed by atoms with Gasteiger partial charge in [-0.2, -0.15) is 0 Å². The van der Waals surface area contributed by atoms with Gasteiger partial charge in [0.15, 0.2) is 4.90 Å². The maximum Gasteiger partial charge on any atom is 0.246 e. The van der Waals surface area contributed by atoms with Crippen molar-refractivity contribution in [3.05, 3.63) is 65.5 Å². The SMILES string of the molecule is O=C(CNS(=O)(=O)c1c(F)cccc1F)NCc1ccccc1F. The quantitative estimate of drug-likeness (QED) is 0.825. The first kappa shape index (κ1) is 18.0. The van der Waals surface area contributed by atoms with Crippen LogP contribution in [0.25, 0.3) is 0 Å². The number of hydrogen-bond donors (Lipinski definition) is 2. The lowest BCUT2D eigenvalue weighted by Crippen LogP contribution is -2.37. The van der Waals surface area contributed by atoms with Crippen LogP contribution in [0.1, 0.15) is 5.56 Å². The Morgan fingerprint density at radius 1 is 0.917 bits per heavy atom. The Bertz CT molecular complexity index is 837. The summed E-state index contributed by atoms with van der Waals surface area (Å²) in [5.74, 6) is -3.84. The zero-order chi connectivity index (χ0) is 17.7. The summed E-state index contributed by atoms with van der Waals surface area (Å²) in [5.41, 5.74) is 0.217. The van der Waals surface area contributed by atoms with Crippen molar-refractivity contribution in [1.82, 2.24) is 10.0 Å². The van der Waals surface area contributed by atoms with E-state index in [1.54, 1.807) is 10.8 Å². The summed E-state index contributed by atoms with van der Waals surface area (Å²) in [5, 5.41) is 2.30. The van der Waals surface area contributed by atoms with E-state index in [0.717, 1.165) is 18.2 Å². The van der Waals surface area contributed by atoms with Crippen LogP contribution in [0.4, 0.5) is 13.2 Å². The first-order valence-corrected chi connectivity index (χ1v) is 8.23. The number of amides is 1. The van der Waals surface area contributed by atoms with Crippen LogP contribution in [0.2, 0.25) is 0 Å². The van der Waals surface area contributed by atoms with Gasteiger partial charge < -0.3 is 5.32 Å². The van der Waals surface area contributed by atoms with Crippen molar-refractivity contribution >= 4 is 15.9 Å². The predicted molar refractivity (Wildman–Crippen MR) is 79.8 cm³/mol. The smallest absolute Gasteiger partial charge is 0.246 e. The number of nitrogens with one attached hydrogen (secondary N) is 2. The Hall–Kier alpha value is -2.39. The van der Waals surface area contributed by atoms with Crippen LogP contribution < -0.4 is 10.0 Å². The second-order valence-electron chi connectivity index (χ2n) is 4.74. The highest BCUT2D eigenvalue weighted by Crippen LogP contribution is 2.17. The van der Waals surface area contributed by atoms with Gasteiger partial charge >= 0.3 is 0 Å². The molecule has 0 saturated carbocycles. The van der Waals surface area contributed by atoms with E-state index in [0.29, 0.717) is 0 Å². The molecule has 128 valence electrons. The van der Waals surface area contributed by atoms with Crippen LogP contribution in [0.15, 0.2) is 47.4 Å². The van der Waals surface area contributed by atoms with Crippen molar-refractivity contribution in [2.45, 2.75) is 11.4 Å². The van der Waals surface area contributed by atoms with Gasteiger partial charge in [0, 0.05) is 12.1 Å². The average Bonchev–Trinajstić information content (AvgIpc) is 2.52. The molecule has 0 saturated heterocycles. The molecule has 0 spiro atoms. The highest BCUT2D eigenvalue weighted by atomic mass is 32.2. The number of carbonyl (C=O) groups excluding carboxylic acids is 1. The van der Waals surface area contributed by atoms with Gasteiger partial charge in [-0.3, -0.25) is 4.79 Å². The van der Waals surface area contributed by atoms with Gasteiger partial charge in [0.25, 0.3) is 0 Å². The summed E-state index contributed by atoms with van der Waals surface area (Å²) in [4.78, 5) is 10.5. The second kappa shape index (κ2) is 7.45. The molecule has 24 heavy (non-hydrogen) atoms. The van der Waals surface area contributed by atoms with Crippen LogP contribution >= 0.6 is 0 Å². The van der Waals surface area contributed by atoms with Crippen molar-refractivity contribution in [3.8, 4) is 0 Å². The Kier molecular flexibility index (Phi) is 5.58. The molecule has 2 aromatic carbocycles. The van der Waals surface area contributed by atoms with Crippen LogP contribution in [0.3, 0.4) is 0 Å². The lowest BCUT2D eigenvalue weighted by molar-refractivity contribution is -0.120. The van der Waals surface area contributed by atoms with Gasteiger partial charge in [-0.05, 0) is 18.2 Å². The molecule has 0 aliphatic carbocycles. The van der Waals surface area contributed by atoms with Gasteiger partial charge in [-0.1, -0.05) is 24.3 Å². The molecule has 0 heterocycles. The summed E-state index contributed by atoms with van der Waals surface area (Å²) in [6.45, 7) is -0.897. The number of benzene rings is 2. The Morgan fingerprint density at radius 2 is 1.50 bits per heavy atom. The molecule has 5 nitrogen and oxygen atoms in total. The number of carbonyl (C=O) groups is 1. The van der Waals surface area contributed by atoms with E-state index in [1.165, 1.54) is 18.2 Å². The molecule has 2 N–H and O–H groups in total. The van der Waals surface area contributed by atoms with E-state index in [2.05, 4.69) is 5.32 Å². The fraction of sp³-hybridized carbons (Fsp3) is 0.133. The Balaban J connectivity index is 1.97. The molecular formula is C15H13F3N2O3S. The molecule has 0 radical (unpaired) electrons. The molecule has 1 amide bonds. The average molecular weight is 358 g/mol. The van der Waals surface area contributed by atoms with Crippen molar-refractivity contribution < 1.29 is 26.4 Å². The molecule has 0 bridgehead atoms. The van der Waals surface area contributed by atoms with Crippen molar-refractivity contribution in [2.24, 2.45) is 0 Å². The highest BCUT2D eigenvalue weighted by Gasteiger charge is 2.24. The molecule has 0 aliphatic rings. The van der Waals surface area contributed by atoms with E-state index in [-0.39, 0.29) is 12.1 Å². The fourth-order valence-corrected chi connectivity index (χ4v) is 2.99. The van der Waals surface area contributed by atoms with Gasteiger partial charge in [0.2, 0.25) is 15.9 Å². The van der Waals surface area contributed by atoms with E-state index in [9.17, 15) is 26.4 Å². The van der Waals surface area contributed by atoms with Crippen LogP contribution in [-0.2, 0) is 21.4 Å². The van der Waals surface area contributed by atoms with E-state index in [1.807, 2.05) is 0 Å². The van der Waals surface area contributed by atoms with E-state index in [4.69, 9.17) is 0 Å². The fourth-order valence-electron chi connectivity index (χ4n) is 1.87. The first-order chi connectivity index (χ1) is 11.3. The van der Waals surface area contributed by atoms with Crippen LogP contribution in [-0.4, -0.2) is 20.9 Å². The molecule has 9 heteroatoms. The lowest BCUT2D eigenvalue weighted by Gasteiger charge is -2.09. The van der Waals surface area contributed by atoms with E-state index < -0.39 is 44.8 Å². The predicted octanol–water partition coefficient (Wildman–Crippen LogP) is 1.70. The Labute approximate surface area is 136 Å². The zero-order valence-electron chi connectivity index (χ0n) is 12.2. The van der Waals surface area contributed by atoms with Crippen molar-refractivity contribution in [1.29, 1.82) is 0 Å². The van der Waals surface area contributed by atoms with Gasteiger partial charge in [0.05, 0.1) is 6.54 Å². The molecular weight excluding hydrogens is 345 g/mol. The maximum atomic E-state index is 13.5. The summed E-state index contributed by atoms with van der Waals surface area (Å²) < 4.78 is 65.9. The van der Waals surface area contributed by atoms with Crippen molar-refractivity contribution in [3.63, 3.8) is 0 Å². The molecule has 0 atom stereocenters. The largest absolute Gasteiger partial charge is 0.351 e. The number of halogens is 3. The first-order valence-electron chi connectivity index (χ1n) is 6.75. The lowest BCUT2D eigenvalue weighted by atomic mass is 10.2. The normalized spacial score (nSPS) is 11.3. The summed E-state index contributed by atoms with van der Waals surface area (Å²) in [7, 11) is -4.54. The minimum Gasteiger partial charge on any atom is -0.351 e. The number of sulfonamides is 1. The van der Waals surface area contributed by atoms with Crippen molar-refractivity contribution in [2.75, 3.05) is 6.54 Å². The minimum atomic E-state index is -4.54. The van der Waals surface area contributed by atoms with Gasteiger partial charge in [0.1, 0.15) is 17.5 Å². The van der Waals surface area contributed by atoms with Gasteiger partial charge in [-0.15, -0.1) is 0 Å². The summed E-state index contributed by atoms with van der Waals surface area (Å²) in [6.07, 6.45) is 0. The standard InChI is InChI=1S/C15H13F3N2O3S/c16-11-5-2-1-4-10(11)8-19-14(21)9-20-24(22,23)15-12(17)6-3-7-13(15)18/h1-7,20H,8-9H2,(H,19,21). The van der Waals surface area contributed by atoms with Crippen LogP contribution in [0, 0.1) is 17.5 Å². The zero-order valence-corrected chi connectivity index (χ0v) is 13.0. The monoisotopic (exact) mass is 358 g/mol. The molecule has 0 aliphatic heterocycles. The molecule has 0 unspecified atom stereocenters. The summed E-state index contributed by atoms with van der Waals surface area (Å²) >= 11 is 0. The molecule has 0 aromatic heterocycles. The third-order valence-electron chi connectivity index (χ3n) is 3.04. The van der Waals surface area contributed by atoms with Crippen LogP contribution in [0.5, 0.6) is 0 Å².